The SMILES string of the molecule is COCCC(=O)N1CCCn2ncc(N)c21. The van der Waals surface area contributed by atoms with Crippen LogP contribution < -0.4 is 10.6 Å². The van der Waals surface area contributed by atoms with E-state index in [2.05, 4.69) is 5.10 Å². The van der Waals surface area contributed by atoms with Crippen LogP contribution in [0.4, 0.5) is 11.5 Å². The fourth-order valence-corrected chi connectivity index (χ4v) is 1.90. The molecule has 2 rings (SSSR count). The first-order valence-electron chi connectivity index (χ1n) is 5.34. The maximum absolute atomic E-state index is 11.9. The predicted octanol–water partition coefficient (Wildman–Crippen LogP) is 0.238. The van der Waals surface area contributed by atoms with Gasteiger partial charge in [-0.3, -0.25) is 9.69 Å². The molecule has 0 saturated heterocycles. The Bertz CT molecular complexity index is 388. The summed E-state index contributed by atoms with van der Waals surface area (Å²) in [5.41, 5.74) is 6.37. The number of methoxy groups -OCH3 is 1. The van der Waals surface area contributed by atoms with E-state index in [9.17, 15) is 4.79 Å². The van der Waals surface area contributed by atoms with Gasteiger partial charge in [0.15, 0.2) is 5.82 Å². The minimum atomic E-state index is 0.0370. The number of fused-ring (bicyclic) bond motifs is 1. The number of rotatable bonds is 3. The van der Waals surface area contributed by atoms with E-state index in [4.69, 9.17) is 10.5 Å². The molecule has 16 heavy (non-hydrogen) atoms. The summed E-state index contributed by atoms with van der Waals surface area (Å²) in [5.74, 6) is 0.766. The first-order chi connectivity index (χ1) is 7.74. The summed E-state index contributed by atoms with van der Waals surface area (Å²) >= 11 is 0. The highest BCUT2D eigenvalue weighted by molar-refractivity contribution is 5.95. The van der Waals surface area contributed by atoms with Crippen molar-refractivity contribution in [3.8, 4) is 0 Å². The van der Waals surface area contributed by atoms with Crippen LogP contribution in [0, 0.1) is 0 Å². The van der Waals surface area contributed by atoms with Gasteiger partial charge in [0.2, 0.25) is 5.91 Å². The summed E-state index contributed by atoms with van der Waals surface area (Å²) in [7, 11) is 1.59. The molecule has 6 heteroatoms. The summed E-state index contributed by atoms with van der Waals surface area (Å²) in [4.78, 5) is 13.6. The van der Waals surface area contributed by atoms with Crippen LogP contribution in [0.1, 0.15) is 12.8 Å². The van der Waals surface area contributed by atoms with Crippen LogP contribution in [0.2, 0.25) is 0 Å². The molecule has 0 unspecified atom stereocenters. The first kappa shape index (κ1) is 10.9. The number of amides is 1. The lowest BCUT2D eigenvalue weighted by molar-refractivity contribution is -0.119. The van der Waals surface area contributed by atoms with Crippen molar-refractivity contribution in [1.29, 1.82) is 0 Å². The number of nitrogens with two attached hydrogens (primary N) is 1. The monoisotopic (exact) mass is 224 g/mol. The molecule has 88 valence electrons. The summed E-state index contributed by atoms with van der Waals surface area (Å²) in [5, 5.41) is 4.14. The van der Waals surface area contributed by atoms with E-state index in [1.54, 1.807) is 22.9 Å². The largest absolute Gasteiger partial charge is 0.394 e. The van der Waals surface area contributed by atoms with Gasteiger partial charge in [0.05, 0.1) is 24.9 Å². The standard InChI is InChI=1S/C10H16N4O2/c1-16-6-3-9(15)13-4-2-5-14-10(13)8(11)7-12-14/h7H,2-6,11H2,1H3. The zero-order chi connectivity index (χ0) is 11.5. The Balaban J connectivity index is 2.17. The van der Waals surface area contributed by atoms with Crippen molar-refractivity contribution in [2.24, 2.45) is 0 Å². The lowest BCUT2D eigenvalue weighted by Crippen LogP contribution is -2.38. The van der Waals surface area contributed by atoms with E-state index in [1.807, 2.05) is 0 Å². The van der Waals surface area contributed by atoms with E-state index in [-0.39, 0.29) is 5.91 Å². The van der Waals surface area contributed by atoms with Gasteiger partial charge >= 0.3 is 0 Å². The summed E-state index contributed by atoms with van der Waals surface area (Å²) < 4.78 is 6.68. The number of hydrogen-bond acceptors (Lipinski definition) is 4. The molecule has 2 heterocycles. The van der Waals surface area contributed by atoms with E-state index >= 15 is 0 Å². The van der Waals surface area contributed by atoms with Gasteiger partial charge in [0.25, 0.3) is 0 Å². The Labute approximate surface area is 94.0 Å². The average molecular weight is 224 g/mol. The van der Waals surface area contributed by atoms with Crippen LogP contribution >= 0.6 is 0 Å². The van der Waals surface area contributed by atoms with Gasteiger partial charge in [-0.05, 0) is 6.42 Å². The Kier molecular flexibility index (Phi) is 3.09. The summed E-state index contributed by atoms with van der Waals surface area (Å²) in [6.45, 7) is 1.96. The highest BCUT2D eigenvalue weighted by Gasteiger charge is 2.25. The van der Waals surface area contributed by atoms with Crippen LogP contribution in [0.5, 0.6) is 0 Å². The van der Waals surface area contributed by atoms with Gasteiger partial charge in [-0.2, -0.15) is 5.10 Å². The third-order valence-corrected chi connectivity index (χ3v) is 2.67. The van der Waals surface area contributed by atoms with Gasteiger partial charge in [-0.15, -0.1) is 0 Å². The molecule has 0 atom stereocenters. The molecule has 1 aliphatic rings. The smallest absolute Gasteiger partial charge is 0.230 e. The van der Waals surface area contributed by atoms with E-state index in [0.29, 0.717) is 25.3 Å². The van der Waals surface area contributed by atoms with Crippen molar-refractivity contribution >= 4 is 17.4 Å². The molecule has 0 radical (unpaired) electrons. The number of nitrogen functional groups attached to an aromatic ring is 1. The van der Waals surface area contributed by atoms with Gasteiger partial charge in [0, 0.05) is 20.2 Å². The normalized spacial score (nSPS) is 14.9. The van der Waals surface area contributed by atoms with E-state index in [0.717, 1.165) is 18.8 Å². The van der Waals surface area contributed by atoms with Crippen LogP contribution in [0.3, 0.4) is 0 Å². The van der Waals surface area contributed by atoms with Crippen LogP contribution in [0.15, 0.2) is 6.20 Å². The number of hydrogen-bond donors (Lipinski definition) is 1. The van der Waals surface area contributed by atoms with Crippen LogP contribution in [-0.4, -0.2) is 35.9 Å². The molecule has 0 saturated carbocycles. The number of nitrogens with zero attached hydrogens (tertiary/aromatic N) is 3. The Morgan fingerprint density at radius 1 is 1.62 bits per heavy atom. The molecule has 0 spiro atoms. The number of carbonyl (C=O) groups excluding carboxylic acids is 1. The van der Waals surface area contributed by atoms with Crippen molar-refractivity contribution in [2.45, 2.75) is 19.4 Å². The predicted molar refractivity (Wildman–Crippen MR) is 60.1 cm³/mol. The van der Waals surface area contributed by atoms with E-state index < -0.39 is 0 Å². The molecule has 1 aromatic heterocycles. The number of anilines is 2. The maximum Gasteiger partial charge on any atom is 0.230 e. The fraction of sp³-hybridized carbons (Fsp3) is 0.600. The highest BCUT2D eigenvalue weighted by Crippen LogP contribution is 2.27. The molecule has 2 N–H and O–H groups in total. The molecular formula is C10H16N4O2. The van der Waals surface area contributed by atoms with Gasteiger partial charge in [-0.1, -0.05) is 0 Å². The Morgan fingerprint density at radius 2 is 2.44 bits per heavy atom. The van der Waals surface area contributed by atoms with Gasteiger partial charge < -0.3 is 10.5 Å². The number of carbonyl (C=O) groups is 1. The van der Waals surface area contributed by atoms with Crippen molar-refractivity contribution < 1.29 is 9.53 Å². The Morgan fingerprint density at radius 3 is 3.19 bits per heavy atom. The van der Waals surface area contributed by atoms with Gasteiger partial charge in [-0.25, -0.2) is 4.68 Å². The number of aryl methyl sites for hydroxylation is 1. The number of aromatic nitrogens is 2. The molecule has 0 fully saturated rings. The molecule has 0 aliphatic carbocycles. The third kappa shape index (κ3) is 1.88. The fourth-order valence-electron chi connectivity index (χ4n) is 1.90. The molecule has 0 bridgehead atoms. The summed E-state index contributed by atoms with van der Waals surface area (Å²) in [6, 6.07) is 0. The summed E-state index contributed by atoms with van der Waals surface area (Å²) in [6.07, 6.45) is 2.88. The minimum absolute atomic E-state index is 0.0370. The quantitative estimate of drug-likeness (QED) is 0.798. The van der Waals surface area contributed by atoms with Crippen molar-refractivity contribution in [2.75, 3.05) is 30.9 Å². The molecule has 1 aliphatic heterocycles. The average Bonchev–Trinajstić information content (AvgIpc) is 2.68. The molecule has 6 nitrogen and oxygen atoms in total. The lowest BCUT2D eigenvalue weighted by Gasteiger charge is -2.28. The second-order valence-electron chi connectivity index (χ2n) is 3.79. The zero-order valence-corrected chi connectivity index (χ0v) is 9.35. The Hall–Kier alpha value is -1.56. The second-order valence-corrected chi connectivity index (χ2v) is 3.79. The number of ether oxygens (including phenoxy) is 1. The second kappa shape index (κ2) is 4.52. The highest BCUT2D eigenvalue weighted by atomic mass is 16.5. The molecule has 1 amide bonds. The molecule has 1 aromatic rings. The zero-order valence-electron chi connectivity index (χ0n) is 9.35. The lowest BCUT2D eigenvalue weighted by atomic mass is 10.2. The third-order valence-electron chi connectivity index (χ3n) is 2.67. The molecular weight excluding hydrogens is 208 g/mol. The van der Waals surface area contributed by atoms with Crippen LogP contribution in [-0.2, 0) is 16.1 Å². The maximum atomic E-state index is 11.9. The first-order valence-corrected chi connectivity index (χ1v) is 5.34. The van der Waals surface area contributed by atoms with Gasteiger partial charge in [0.1, 0.15) is 0 Å². The molecule has 0 aromatic carbocycles. The topological polar surface area (TPSA) is 73.4 Å². The minimum Gasteiger partial charge on any atom is -0.394 e. The van der Waals surface area contributed by atoms with E-state index in [1.165, 1.54) is 0 Å². The van der Waals surface area contributed by atoms with Crippen molar-refractivity contribution in [3.05, 3.63) is 6.20 Å². The van der Waals surface area contributed by atoms with Crippen molar-refractivity contribution in [3.63, 3.8) is 0 Å². The van der Waals surface area contributed by atoms with Crippen LogP contribution in [0.25, 0.3) is 0 Å². The van der Waals surface area contributed by atoms with Crippen molar-refractivity contribution in [1.82, 2.24) is 9.78 Å².